The van der Waals surface area contributed by atoms with Gasteiger partial charge >= 0.3 is 17.3 Å². The zero-order valence-corrected chi connectivity index (χ0v) is 11.2. The molecule has 0 aliphatic rings. The molecular formula is C12H16N2O6. The highest BCUT2D eigenvalue weighted by molar-refractivity contribution is 5.66. The van der Waals surface area contributed by atoms with Gasteiger partial charge in [0.15, 0.2) is 0 Å². The van der Waals surface area contributed by atoms with Gasteiger partial charge in [0.05, 0.1) is 9.85 Å². The lowest BCUT2D eigenvalue weighted by Crippen LogP contribution is -1.97. The summed E-state index contributed by atoms with van der Waals surface area (Å²) in [4.78, 5) is 28.8. The molecule has 1 N–H and O–H groups in total. The Hall–Kier alpha value is -2.51. The van der Waals surface area contributed by atoms with E-state index in [1.165, 1.54) is 12.1 Å². The van der Waals surface area contributed by atoms with E-state index in [0.29, 0.717) is 12.3 Å². The molecule has 0 aliphatic heterocycles. The molecular weight excluding hydrogens is 268 g/mol. The maximum atomic E-state index is 10.2. The van der Waals surface area contributed by atoms with E-state index in [9.17, 15) is 25.0 Å². The molecule has 0 spiro atoms. The van der Waals surface area contributed by atoms with Crippen LogP contribution in [-0.2, 0) is 4.79 Å². The smallest absolute Gasteiger partial charge is 0.346 e. The predicted molar refractivity (Wildman–Crippen MR) is 71.5 cm³/mol. The molecule has 20 heavy (non-hydrogen) atoms. The van der Waals surface area contributed by atoms with E-state index < -0.39 is 27.2 Å². The third-order valence-electron chi connectivity index (χ3n) is 2.21. The third kappa shape index (κ3) is 7.04. The Labute approximate surface area is 115 Å². The van der Waals surface area contributed by atoms with Gasteiger partial charge in [0.1, 0.15) is 0 Å². The molecule has 0 amide bonds. The lowest BCUT2D eigenvalue weighted by atomic mass is 10.1. The Bertz CT molecular complexity index is 454. The molecule has 0 unspecified atom stereocenters. The van der Waals surface area contributed by atoms with Crippen LogP contribution in [0.1, 0.15) is 26.7 Å². The molecule has 8 nitrogen and oxygen atoms in total. The van der Waals surface area contributed by atoms with Crippen molar-refractivity contribution in [2.24, 2.45) is 5.92 Å². The molecule has 0 heterocycles. The van der Waals surface area contributed by atoms with Gasteiger partial charge in [0, 0.05) is 18.6 Å². The van der Waals surface area contributed by atoms with E-state index in [-0.39, 0.29) is 0 Å². The van der Waals surface area contributed by atoms with E-state index in [2.05, 4.69) is 0 Å². The maximum Gasteiger partial charge on any atom is 0.346 e. The van der Waals surface area contributed by atoms with Crippen LogP contribution >= 0.6 is 0 Å². The minimum Gasteiger partial charge on any atom is -0.481 e. The second kappa shape index (κ2) is 8.57. The number of aliphatic carboxylic acids is 1. The van der Waals surface area contributed by atoms with Gasteiger partial charge in [-0.2, -0.15) is 0 Å². The number of nitro benzene ring substituents is 2. The monoisotopic (exact) mass is 284 g/mol. The van der Waals surface area contributed by atoms with Crippen molar-refractivity contribution in [3.63, 3.8) is 0 Å². The van der Waals surface area contributed by atoms with Crippen molar-refractivity contribution in [3.05, 3.63) is 44.5 Å². The van der Waals surface area contributed by atoms with Crippen LogP contribution < -0.4 is 0 Å². The molecule has 0 bridgehead atoms. The van der Waals surface area contributed by atoms with Crippen LogP contribution in [0.4, 0.5) is 11.4 Å². The fraction of sp³-hybridized carbons (Fsp3) is 0.417. The summed E-state index contributed by atoms with van der Waals surface area (Å²) in [6.07, 6.45) is 1.09. The van der Waals surface area contributed by atoms with Gasteiger partial charge in [-0.1, -0.05) is 26.0 Å². The van der Waals surface area contributed by atoms with Gasteiger partial charge in [-0.05, 0) is 12.3 Å². The Balaban J connectivity index is 0.000000396. The van der Waals surface area contributed by atoms with E-state index in [1.54, 1.807) is 0 Å². The number of nitrogens with zero attached hydrogens (tertiary/aromatic N) is 2. The van der Waals surface area contributed by atoms with Crippen LogP contribution in [0, 0.1) is 26.1 Å². The molecule has 0 saturated heterocycles. The van der Waals surface area contributed by atoms with Gasteiger partial charge in [-0.15, -0.1) is 0 Å². The number of benzene rings is 1. The van der Waals surface area contributed by atoms with E-state index in [4.69, 9.17) is 5.11 Å². The van der Waals surface area contributed by atoms with Crippen LogP contribution in [-0.4, -0.2) is 20.9 Å². The summed E-state index contributed by atoms with van der Waals surface area (Å²) in [5.41, 5.74) is -0.968. The van der Waals surface area contributed by atoms with Crippen LogP contribution in [0.3, 0.4) is 0 Å². The first-order valence-electron chi connectivity index (χ1n) is 5.85. The number of carboxylic acid groups (broad SMARTS) is 1. The standard InChI is InChI=1S/C6H4N2O4.C6H12O2/c9-7(10)5-3-1-2-4-6(5)8(11)12;1-5(2)3-4-6(7)8/h1-4H;5H,3-4H2,1-2H3,(H,7,8). The Morgan fingerprint density at radius 3 is 1.75 bits per heavy atom. The zero-order valence-electron chi connectivity index (χ0n) is 11.2. The highest BCUT2D eigenvalue weighted by Gasteiger charge is 2.21. The van der Waals surface area contributed by atoms with Crippen LogP contribution in [0.25, 0.3) is 0 Å². The molecule has 1 aromatic carbocycles. The molecule has 1 rings (SSSR count). The summed E-state index contributed by atoms with van der Waals surface area (Å²) in [6.45, 7) is 4.03. The molecule has 110 valence electrons. The number of carboxylic acids is 1. The van der Waals surface area contributed by atoms with Crippen molar-refractivity contribution in [3.8, 4) is 0 Å². The summed E-state index contributed by atoms with van der Waals surface area (Å²) in [6, 6.07) is 4.95. The minimum absolute atomic E-state index is 0.303. The lowest BCUT2D eigenvalue weighted by molar-refractivity contribution is -0.422. The zero-order chi connectivity index (χ0) is 15.7. The Morgan fingerprint density at radius 2 is 1.55 bits per heavy atom. The second-order valence-electron chi connectivity index (χ2n) is 4.33. The molecule has 0 aromatic heterocycles. The van der Waals surface area contributed by atoms with Crippen LogP contribution in [0.2, 0.25) is 0 Å². The number of rotatable bonds is 5. The molecule has 0 radical (unpaired) electrons. The number of carbonyl (C=O) groups is 1. The van der Waals surface area contributed by atoms with Crippen LogP contribution in [0.15, 0.2) is 24.3 Å². The first-order chi connectivity index (χ1) is 9.25. The minimum atomic E-state index is -0.780. The molecule has 0 aliphatic carbocycles. The molecule has 1 aromatic rings. The van der Waals surface area contributed by atoms with Crippen LogP contribution in [0.5, 0.6) is 0 Å². The fourth-order valence-electron chi connectivity index (χ4n) is 1.19. The highest BCUT2D eigenvalue weighted by atomic mass is 16.6. The van der Waals surface area contributed by atoms with E-state index in [1.807, 2.05) is 13.8 Å². The van der Waals surface area contributed by atoms with Crippen molar-refractivity contribution >= 4 is 17.3 Å². The quantitative estimate of drug-likeness (QED) is 0.654. The maximum absolute atomic E-state index is 10.2. The summed E-state index contributed by atoms with van der Waals surface area (Å²) in [5.74, 6) is -0.190. The largest absolute Gasteiger partial charge is 0.481 e. The SMILES string of the molecule is CC(C)CCC(=O)O.O=[N+]([O-])c1ccccc1[N+](=O)[O-]. The average Bonchev–Trinajstić information content (AvgIpc) is 2.37. The number of hydrogen-bond acceptors (Lipinski definition) is 5. The van der Waals surface area contributed by atoms with Crippen molar-refractivity contribution in [2.75, 3.05) is 0 Å². The molecule has 0 fully saturated rings. The first kappa shape index (κ1) is 17.5. The normalized spacial score (nSPS) is 9.55. The predicted octanol–water partition coefficient (Wildman–Crippen LogP) is 3.01. The number of hydrogen-bond donors (Lipinski definition) is 1. The average molecular weight is 284 g/mol. The topological polar surface area (TPSA) is 124 Å². The van der Waals surface area contributed by atoms with Crippen molar-refractivity contribution in [1.82, 2.24) is 0 Å². The van der Waals surface area contributed by atoms with Gasteiger partial charge in [-0.25, -0.2) is 0 Å². The van der Waals surface area contributed by atoms with Crippen molar-refractivity contribution in [1.29, 1.82) is 0 Å². The number of nitro groups is 2. The lowest BCUT2D eigenvalue weighted by Gasteiger charge is -1.97. The fourth-order valence-corrected chi connectivity index (χ4v) is 1.19. The summed E-state index contributed by atoms with van der Waals surface area (Å²) in [7, 11) is 0. The summed E-state index contributed by atoms with van der Waals surface area (Å²) in [5, 5.41) is 28.6. The summed E-state index contributed by atoms with van der Waals surface area (Å²) >= 11 is 0. The Kier molecular flexibility index (Phi) is 7.49. The highest BCUT2D eigenvalue weighted by Crippen LogP contribution is 2.24. The van der Waals surface area contributed by atoms with E-state index >= 15 is 0 Å². The molecule has 0 saturated carbocycles. The second-order valence-corrected chi connectivity index (χ2v) is 4.33. The van der Waals surface area contributed by atoms with Gasteiger partial charge < -0.3 is 5.11 Å². The van der Waals surface area contributed by atoms with Gasteiger partial charge in [0.25, 0.3) is 0 Å². The molecule has 8 heteroatoms. The van der Waals surface area contributed by atoms with Crippen molar-refractivity contribution in [2.45, 2.75) is 26.7 Å². The third-order valence-corrected chi connectivity index (χ3v) is 2.21. The number of para-hydroxylation sites is 2. The van der Waals surface area contributed by atoms with Gasteiger partial charge in [0.2, 0.25) is 0 Å². The van der Waals surface area contributed by atoms with Crippen molar-refractivity contribution < 1.29 is 19.7 Å². The van der Waals surface area contributed by atoms with Gasteiger partial charge in [-0.3, -0.25) is 25.0 Å². The first-order valence-corrected chi connectivity index (χ1v) is 5.85. The Morgan fingerprint density at radius 1 is 1.15 bits per heavy atom. The van der Waals surface area contributed by atoms with E-state index in [0.717, 1.165) is 18.6 Å². The molecule has 0 atom stereocenters. The summed E-state index contributed by atoms with van der Waals surface area (Å²) < 4.78 is 0.